The van der Waals surface area contributed by atoms with Crippen molar-refractivity contribution in [2.45, 2.75) is 24.8 Å². The number of nitrogens with zero attached hydrogens (tertiary/aromatic N) is 2. The average Bonchev–Trinajstić information content (AvgIpc) is 2.91. The fourth-order valence-electron chi connectivity index (χ4n) is 2.39. The average molecular weight is 395 g/mol. The third-order valence-corrected chi connectivity index (χ3v) is 5.78. The summed E-state index contributed by atoms with van der Waals surface area (Å²) < 4.78 is 16.2. The molecule has 3 aromatic rings. The first kappa shape index (κ1) is 18.2. The van der Waals surface area contributed by atoms with Crippen molar-refractivity contribution < 1.29 is 9.18 Å². The van der Waals surface area contributed by atoms with Crippen LogP contribution in [0.3, 0.4) is 0 Å². The topological polar surface area (TPSA) is 34.4 Å². The molecule has 0 unspecified atom stereocenters. The lowest BCUT2D eigenvalue weighted by Crippen LogP contribution is -2.17. The quantitative estimate of drug-likeness (QED) is 0.562. The van der Waals surface area contributed by atoms with Crippen LogP contribution < -0.4 is 4.80 Å². The summed E-state index contributed by atoms with van der Waals surface area (Å²) in [5.74, 6) is -0.249. The normalized spacial score (nSPS) is 12.0. The Morgan fingerprint density at radius 1 is 1.28 bits per heavy atom. The van der Waals surface area contributed by atoms with Crippen LogP contribution in [0.1, 0.15) is 13.3 Å². The Labute approximate surface area is 158 Å². The molecule has 0 N–H and O–H groups in total. The molecule has 0 aliphatic rings. The zero-order valence-corrected chi connectivity index (χ0v) is 15.9. The Kier molecular flexibility index (Phi) is 5.93. The number of fused-ring (bicyclic) bond motifs is 1. The monoisotopic (exact) mass is 394 g/mol. The third-order valence-electron chi connectivity index (χ3n) is 3.49. The van der Waals surface area contributed by atoms with Crippen molar-refractivity contribution in [3.05, 3.63) is 58.1 Å². The zero-order chi connectivity index (χ0) is 17.8. The smallest absolute Gasteiger partial charge is 0.258 e. The number of thioether (sulfide) groups is 1. The fraction of sp³-hybridized carbons (Fsp3) is 0.222. The number of halogens is 2. The second kappa shape index (κ2) is 8.17. The van der Waals surface area contributed by atoms with Gasteiger partial charge in [0, 0.05) is 16.5 Å². The minimum Gasteiger partial charge on any atom is -0.316 e. The maximum atomic E-state index is 13.4. The number of rotatable bonds is 5. The maximum Gasteiger partial charge on any atom is 0.258 e. The highest BCUT2D eigenvalue weighted by Crippen LogP contribution is 2.21. The lowest BCUT2D eigenvalue weighted by Gasteiger charge is -2.02. The van der Waals surface area contributed by atoms with Gasteiger partial charge in [0.1, 0.15) is 5.82 Å². The SMILES string of the molecule is CCCn1c(=NC(=O)CSc2ccc(Cl)cc2)sc2cc(F)ccc21. The number of aromatic nitrogens is 1. The predicted octanol–water partition coefficient (Wildman–Crippen LogP) is 5.12. The highest BCUT2D eigenvalue weighted by Gasteiger charge is 2.09. The number of carbonyl (C=O) groups is 1. The Hall–Kier alpha value is -1.63. The highest BCUT2D eigenvalue weighted by molar-refractivity contribution is 8.00. The molecule has 0 radical (unpaired) electrons. The van der Waals surface area contributed by atoms with Gasteiger partial charge in [0.25, 0.3) is 5.91 Å². The Balaban J connectivity index is 1.84. The molecular formula is C18H16ClFN2OS2. The molecule has 0 spiro atoms. The molecule has 2 aromatic carbocycles. The molecule has 25 heavy (non-hydrogen) atoms. The number of amides is 1. The number of hydrogen-bond acceptors (Lipinski definition) is 3. The van der Waals surface area contributed by atoms with Gasteiger partial charge in [-0.25, -0.2) is 4.39 Å². The lowest BCUT2D eigenvalue weighted by molar-refractivity contribution is -0.115. The van der Waals surface area contributed by atoms with Crippen LogP contribution >= 0.6 is 34.7 Å². The molecule has 0 bridgehead atoms. The van der Waals surface area contributed by atoms with Gasteiger partial charge in [-0.1, -0.05) is 29.9 Å². The molecule has 0 fully saturated rings. The first-order chi connectivity index (χ1) is 12.1. The van der Waals surface area contributed by atoms with Crippen molar-refractivity contribution in [3.8, 4) is 0 Å². The third kappa shape index (κ3) is 4.51. The van der Waals surface area contributed by atoms with Gasteiger partial charge in [0.15, 0.2) is 4.80 Å². The van der Waals surface area contributed by atoms with Crippen molar-refractivity contribution in [2.24, 2.45) is 4.99 Å². The summed E-state index contributed by atoms with van der Waals surface area (Å²) in [6, 6.07) is 12.0. The van der Waals surface area contributed by atoms with Crippen molar-refractivity contribution in [1.82, 2.24) is 4.57 Å². The molecule has 1 aromatic heterocycles. The molecule has 7 heteroatoms. The minimum absolute atomic E-state index is 0.211. The van der Waals surface area contributed by atoms with E-state index in [4.69, 9.17) is 11.6 Å². The van der Waals surface area contributed by atoms with E-state index in [-0.39, 0.29) is 17.5 Å². The summed E-state index contributed by atoms with van der Waals surface area (Å²) in [5.41, 5.74) is 0.908. The standard InChI is InChI=1S/C18H16ClFN2OS2/c1-2-9-22-15-8-5-13(20)10-16(15)25-18(22)21-17(23)11-24-14-6-3-12(19)4-7-14/h3-8,10H,2,9,11H2,1H3. The first-order valence-corrected chi connectivity index (χ1v) is 9.99. The molecule has 0 saturated carbocycles. The minimum atomic E-state index is -0.284. The number of hydrogen-bond donors (Lipinski definition) is 0. The van der Waals surface area contributed by atoms with E-state index in [2.05, 4.69) is 11.9 Å². The van der Waals surface area contributed by atoms with E-state index < -0.39 is 0 Å². The van der Waals surface area contributed by atoms with E-state index >= 15 is 0 Å². The van der Waals surface area contributed by atoms with E-state index in [1.54, 1.807) is 18.2 Å². The molecule has 0 aliphatic heterocycles. The van der Waals surface area contributed by atoms with Crippen LogP contribution in [0.2, 0.25) is 5.02 Å². The van der Waals surface area contributed by atoms with Gasteiger partial charge in [-0.2, -0.15) is 4.99 Å². The van der Waals surface area contributed by atoms with Gasteiger partial charge in [0.2, 0.25) is 0 Å². The zero-order valence-electron chi connectivity index (χ0n) is 13.5. The number of aryl methyl sites for hydroxylation is 1. The molecule has 1 heterocycles. The van der Waals surface area contributed by atoms with Crippen LogP contribution in [0.15, 0.2) is 52.4 Å². The summed E-state index contributed by atoms with van der Waals surface area (Å²) in [5, 5.41) is 0.665. The van der Waals surface area contributed by atoms with Crippen LogP contribution in [-0.2, 0) is 11.3 Å². The summed E-state index contributed by atoms with van der Waals surface area (Å²) in [4.78, 5) is 18.1. The largest absolute Gasteiger partial charge is 0.316 e. The maximum absolute atomic E-state index is 13.4. The van der Waals surface area contributed by atoms with Crippen LogP contribution in [-0.4, -0.2) is 16.2 Å². The van der Waals surface area contributed by atoms with E-state index in [1.165, 1.54) is 35.2 Å². The Bertz CT molecular complexity index is 963. The van der Waals surface area contributed by atoms with Gasteiger partial charge >= 0.3 is 0 Å². The fourth-order valence-corrected chi connectivity index (χ4v) is 4.29. The van der Waals surface area contributed by atoms with Crippen molar-refractivity contribution in [2.75, 3.05) is 5.75 Å². The molecule has 0 atom stereocenters. The molecule has 0 saturated heterocycles. The van der Waals surface area contributed by atoms with Gasteiger partial charge < -0.3 is 4.57 Å². The van der Waals surface area contributed by atoms with Crippen LogP contribution in [0.5, 0.6) is 0 Å². The summed E-state index contributed by atoms with van der Waals surface area (Å²) in [6.07, 6.45) is 0.907. The number of thiazole rings is 1. The van der Waals surface area contributed by atoms with E-state index in [0.717, 1.165) is 28.1 Å². The van der Waals surface area contributed by atoms with Crippen LogP contribution in [0.25, 0.3) is 10.2 Å². The van der Waals surface area contributed by atoms with Crippen molar-refractivity contribution >= 4 is 50.8 Å². The van der Waals surface area contributed by atoms with E-state index in [0.29, 0.717) is 9.82 Å². The van der Waals surface area contributed by atoms with Gasteiger partial charge in [-0.05, 0) is 48.9 Å². The molecule has 3 rings (SSSR count). The number of carbonyl (C=O) groups excluding carboxylic acids is 1. The van der Waals surface area contributed by atoms with Gasteiger partial charge in [0.05, 0.1) is 16.0 Å². The van der Waals surface area contributed by atoms with Crippen molar-refractivity contribution in [1.29, 1.82) is 0 Å². The van der Waals surface area contributed by atoms with Crippen LogP contribution in [0.4, 0.5) is 4.39 Å². The molecule has 130 valence electrons. The summed E-state index contributed by atoms with van der Waals surface area (Å²) >= 11 is 8.61. The number of benzene rings is 2. The van der Waals surface area contributed by atoms with Gasteiger partial charge in [-0.15, -0.1) is 11.8 Å². The Morgan fingerprint density at radius 2 is 2.04 bits per heavy atom. The molecule has 3 nitrogen and oxygen atoms in total. The first-order valence-electron chi connectivity index (χ1n) is 7.81. The Morgan fingerprint density at radius 3 is 2.76 bits per heavy atom. The molecule has 1 amide bonds. The lowest BCUT2D eigenvalue weighted by atomic mass is 10.3. The molecular weight excluding hydrogens is 379 g/mol. The summed E-state index contributed by atoms with van der Waals surface area (Å²) in [6.45, 7) is 2.80. The molecule has 0 aliphatic carbocycles. The van der Waals surface area contributed by atoms with E-state index in [9.17, 15) is 9.18 Å². The van der Waals surface area contributed by atoms with E-state index in [1.807, 2.05) is 16.7 Å². The van der Waals surface area contributed by atoms with Gasteiger partial charge in [-0.3, -0.25) is 4.79 Å². The predicted molar refractivity (Wildman–Crippen MR) is 103 cm³/mol. The highest BCUT2D eigenvalue weighted by atomic mass is 35.5. The van der Waals surface area contributed by atoms with Crippen molar-refractivity contribution in [3.63, 3.8) is 0 Å². The second-order valence-electron chi connectivity index (χ2n) is 5.40. The summed E-state index contributed by atoms with van der Waals surface area (Å²) in [7, 11) is 0. The second-order valence-corrected chi connectivity index (χ2v) is 7.89. The van der Waals surface area contributed by atoms with Crippen LogP contribution in [0, 0.1) is 5.82 Å².